The van der Waals surface area contributed by atoms with E-state index in [0.717, 1.165) is 34.2 Å². The fourth-order valence-corrected chi connectivity index (χ4v) is 5.20. The molecular formula is C14H18N4O2S2. The van der Waals surface area contributed by atoms with Crippen LogP contribution in [0.25, 0.3) is 0 Å². The fourth-order valence-electron chi connectivity index (χ4n) is 2.42. The number of hydrogen-bond acceptors (Lipinski definition) is 6. The van der Waals surface area contributed by atoms with E-state index < -0.39 is 9.84 Å². The maximum atomic E-state index is 12.7. The van der Waals surface area contributed by atoms with Gasteiger partial charge in [-0.25, -0.2) is 13.4 Å². The summed E-state index contributed by atoms with van der Waals surface area (Å²) in [5.41, 5.74) is 0.767. The Kier molecular flexibility index (Phi) is 3.90. The van der Waals surface area contributed by atoms with Crippen LogP contribution in [0.15, 0.2) is 17.8 Å². The highest BCUT2D eigenvalue weighted by Gasteiger charge is 2.33. The molecular weight excluding hydrogens is 320 g/mol. The highest BCUT2D eigenvalue weighted by atomic mass is 32.2. The van der Waals surface area contributed by atoms with E-state index in [4.69, 9.17) is 0 Å². The average Bonchev–Trinajstić information content (AvgIpc) is 3.11. The van der Waals surface area contributed by atoms with Gasteiger partial charge in [0, 0.05) is 17.3 Å². The normalized spacial score (nSPS) is 15.2. The van der Waals surface area contributed by atoms with Gasteiger partial charge in [-0.15, -0.1) is 28.1 Å². The molecule has 0 amide bonds. The lowest BCUT2D eigenvalue weighted by Gasteiger charge is -2.07. The first-order valence-corrected chi connectivity index (χ1v) is 9.59. The molecule has 8 heteroatoms. The second-order valence-electron chi connectivity index (χ2n) is 5.51. The van der Waals surface area contributed by atoms with E-state index in [9.17, 15) is 8.42 Å². The van der Waals surface area contributed by atoms with Gasteiger partial charge in [0.25, 0.3) is 0 Å². The number of hydrogen-bond donors (Lipinski definition) is 0. The average molecular weight is 338 g/mol. The second kappa shape index (κ2) is 5.58. The van der Waals surface area contributed by atoms with Crippen LogP contribution in [-0.4, -0.2) is 28.2 Å². The molecule has 0 unspecified atom stereocenters. The van der Waals surface area contributed by atoms with E-state index in [1.165, 1.54) is 11.3 Å². The van der Waals surface area contributed by atoms with Crippen LogP contribution < -0.4 is 0 Å². The summed E-state index contributed by atoms with van der Waals surface area (Å²) in [6, 6.07) is 0. The smallest absolute Gasteiger partial charge is 0.250 e. The molecule has 0 aliphatic heterocycles. The second-order valence-corrected chi connectivity index (χ2v) is 8.69. The monoisotopic (exact) mass is 338 g/mol. The predicted molar refractivity (Wildman–Crippen MR) is 84.7 cm³/mol. The van der Waals surface area contributed by atoms with Crippen LogP contribution in [0.1, 0.15) is 40.2 Å². The Morgan fingerprint density at radius 1 is 1.36 bits per heavy atom. The van der Waals surface area contributed by atoms with Crippen molar-refractivity contribution < 1.29 is 8.42 Å². The van der Waals surface area contributed by atoms with Crippen molar-refractivity contribution in [2.24, 2.45) is 0 Å². The van der Waals surface area contributed by atoms with Gasteiger partial charge in [-0.05, 0) is 26.7 Å². The molecule has 0 radical (unpaired) electrons. The molecule has 1 fully saturated rings. The van der Waals surface area contributed by atoms with Gasteiger partial charge in [-0.3, -0.25) is 4.57 Å². The van der Waals surface area contributed by atoms with Crippen molar-refractivity contribution in [1.82, 2.24) is 19.7 Å². The van der Waals surface area contributed by atoms with Gasteiger partial charge in [0.2, 0.25) is 15.0 Å². The Morgan fingerprint density at radius 2 is 2.09 bits per heavy atom. The van der Waals surface area contributed by atoms with Crippen molar-refractivity contribution in [2.75, 3.05) is 0 Å². The van der Waals surface area contributed by atoms with Crippen LogP contribution in [0.5, 0.6) is 0 Å². The van der Waals surface area contributed by atoms with Gasteiger partial charge in [0.15, 0.2) is 0 Å². The van der Waals surface area contributed by atoms with Gasteiger partial charge in [0.05, 0.1) is 16.5 Å². The summed E-state index contributed by atoms with van der Waals surface area (Å²) in [6.45, 7) is 7.82. The number of aryl methyl sites for hydroxylation is 2. The molecule has 22 heavy (non-hydrogen) atoms. The standard InChI is InChI=1S/C14H18N4O2S2/c1-4-7-18-13(11-5-6-11)16-17-14(18)22(19,20)8-12-9(2)15-10(3)21-12/h4,11H,1,5-8H2,2-3H3. The van der Waals surface area contributed by atoms with Crippen LogP contribution in [-0.2, 0) is 22.1 Å². The van der Waals surface area contributed by atoms with Gasteiger partial charge in [0.1, 0.15) is 5.82 Å². The van der Waals surface area contributed by atoms with Crippen molar-refractivity contribution in [1.29, 1.82) is 0 Å². The molecule has 0 atom stereocenters. The lowest BCUT2D eigenvalue weighted by atomic mass is 10.4. The van der Waals surface area contributed by atoms with Crippen LogP contribution in [0.3, 0.4) is 0 Å². The first-order chi connectivity index (χ1) is 10.4. The molecule has 1 aliphatic carbocycles. The first kappa shape index (κ1) is 15.4. The van der Waals surface area contributed by atoms with Crippen molar-refractivity contribution in [3.8, 4) is 0 Å². The zero-order valence-electron chi connectivity index (χ0n) is 12.6. The lowest BCUT2D eigenvalue weighted by molar-refractivity contribution is 0.569. The van der Waals surface area contributed by atoms with Crippen molar-refractivity contribution in [2.45, 2.75) is 50.1 Å². The molecule has 0 spiro atoms. The quantitative estimate of drug-likeness (QED) is 0.756. The summed E-state index contributed by atoms with van der Waals surface area (Å²) in [4.78, 5) is 5.05. The van der Waals surface area contributed by atoms with Crippen molar-refractivity contribution >= 4 is 21.2 Å². The van der Waals surface area contributed by atoms with E-state index in [0.29, 0.717) is 12.5 Å². The number of rotatable bonds is 6. The molecule has 2 aromatic rings. The summed E-state index contributed by atoms with van der Waals surface area (Å²) in [5, 5.41) is 8.98. The third-order valence-corrected chi connectivity index (χ3v) is 6.38. The topological polar surface area (TPSA) is 77.7 Å². The summed E-state index contributed by atoms with van der Waals surface area (Å²) < 4.78 is 27.2. The van der Waals surface area contributed by atoms with E-state index in [1.807, 2.05) is 13.8 Å². The number of sulfone groups is 1. The summed E-state index contributed by atoms with van der Waals surface area (Å²) in [6.07, 6.45) is 3.77. The van der Waals surface area contributed by atoms with E-state index >= 15 is 0 Å². The largest absolute Gasteiger partial charge is 0.298 e. The number of thiazole rings is 1. The number of nitrogens with zero attached hydrogens (tertiary/aromatic N) is 4. The van der Waals surface area contributed by atoms with E-state index in [-0.39, 0.29) is 10.9 Å². The summed E-state index contributed by atoms with van der Waals surface area (Å²) >= 11 is 1.41. The number of allylic oxidation sites excluding steroid dienone is 1. The molecule has 3 rings (SSSR count). The number of aromatic nitrogens is 4. The third-order valence-electron chi connectivity index (χ3n) is 3.60. The molecule has 1 aliphatic rings. The fraction of sp³-hybridized carbons (Fsp3) is 0.500. The molecule has 118 valence electrons. The maximum Gasteiger partial charge on any atom is 0.250 e. The van der Waals surface area contributed by atoms with E-state index in [1.54, 1.807) is 10.6 Å². The zero-order chi connectivity index (χ0) is 15.9. The van der Waals surface area contributed by atoms with Crippen LogP contribution >= 0.6 is 11.3 Å². The maximum absolute atomic E-state index is 12.7. The summed E-state index contributed by atoms with van der Waals surface area (Å²) in [5.74, 6) is 1.02. The van der Waals surface area contributed by atoms with Crippen LogP contribution in [0, 0.1) is 13.8 Å². The first-order valence-electron chi connectivity index (χ1n) is 7.12. The van der Waals surface area contributed by atoms with Crippen LogP contribution in [0.4, 0.5) is 0 Å². The summed E-state index contributed by atoms with van der Waals surface area (Å²) in [7, 11) is -3.55. The Balaban J connectivity index is 1.98. The Bertz CT molecular complexity index is 816. The Morgan fingerprint density at radius 3 is 2.64 bits per heavy atom. The van der Waals surface area contributed by atoms with Crippen LogP contribution in [0.2, 0.25) is 0 Å². The van der Waals surface area contributed by atoms with E-state index in [2.05, 4.69) is 21.8 Å². The minimum Gasteiger partial charge on any atom is -0.298 e. The highest BCUT2D eigenvalue weighted by Crippen LogP contribution is 2.39. The highest BCUT2D eigenvalue weighted by molar-refractivity contribution is 7.90. The molecule has 6 nitrogen and oxygen atoms in total. The molecule has 0 aromatic carbocycles. The molecule has 0 N–H and O–H groups in total. The molecule has 2 aromatic heterocycles. The zero-order valence-corrected chi connectivity index (χ0v) is 14.2. The van der Waals surface area contributed by atoms with Gasteiger partial charge in [-0.2, -0.15) is 0 Å². The lowest BCUT2D eigenvalue weighted by Crippen LogP contribution is -2.14. The Labute approximate surface area is 133 Å². The van der Waals surface area contributed by atoms with Gasteiger partial charge in [-0.1, -0.05) is 6.08 Å². The predicted octanol–water partition coefficient (Wildman–Crippen LogP) is 2.39. The molecule has 0 bridgehead atoms. The SMILES string of the molecule is C=CCn1c(C2CC2)nnc1S(=O)(=O)Cc1sc(C)nc1C. The third kappa shape index (κ3) is 2.85. The van der Waals surface area contributed by atoms with Crippen molar-refractivity contribution in [3.05, 3.63) is 34.1 Å². The van der Waals surface area contributed by atoms with Gasteiger partial charge >= 0.3 is 0 Å². The molecule has 0 saturated heterocycles. The van der Waals surface area contributed by atoms with Gasteiger partial charge < -0.3 is 0 Å². The molecule has 2 heterocycles. The van der Waals surface area contributed by atoms with Crippen molar-refractivity contribution in [3.63, 3.8) is 0 Å². The molecule has 1 saturated carbocycles. The minimum absolute atomic E-state index is 0.0414. The Hall–Kier alpha value is -1.54. The minimum atomic E-state index is -3.55.